The molecule has 3 aliphatic rings. The molecule has 4 nitrogen and oxygen atoms in total. The summed E-state index contributed by atoms with van der Waals surface area (Å²) in [6, 6.07) is 0. The lowest BCUT2D eigenvalue weighted by Gasteiger charge is -2.50. The first-order chi connectivity index (χ1) is 8.56. The highest BCUT2D eigenvalue weighted by atomic mass is 16.5. The van der Waals surface area contributed by atoms with Crippen molar-refractivity contribution in [3.63, 3.8) is 0 Å². The lowest BCUT2D eigenvalue weighted by atomic mass is 9.53. The summed E-state index contributed by atoms with van der Waals surface area (Å²) in [5.41, 5.74) is -0.167. The molecular formula is C14H20O4. The van der Waals surface area contributed by atoms with E-state index in [0.717, 1.165) is 38.5 Å². The molecule has 0 aliphatic heterocycles. The van der Waals surface area contributed by atoms with Crippen LogP contribution in [0.4, 0.5) is 0 Å². The van der Waals surface area contributed by atoms with Crippen molar-refractivity contribution in [1.82, 2.24) is 0 Å². The van der Waals surface area contributed by atoms with E-state index in [1.807, 2.05) is 6.08 Å². The Morgan fingerprint density at radius 1 is 0.944 bits per heavy atom. The molecule has 0 heterocycles. The van der Waals surface area contributed by atoms with Crippen molar-refractivity contribution in [3.05, 3.63) is 12.2 Å². The number of ether oxygens (including phenoxy) is 2. The minimum atomic E-state index is -0.306. The Bertz CT molecular complexity index is 359. The lowest BCUT2D eigenvalue weighted by molar-refractivity contribution is -0.161. The zero-order valence-corrected chi connectivity index (χ0v) is 11.0. The number of hydrogen-bond donors (Lipinski definition) is 0. The molecule has 0 aromatic carbocycles. The van der Waals surface area contributed by atoms with E-state index < -0.39 is 0 Å². The van der Waals surface area contributed by atoms with E-state index in [1.165, 1.54) is 20.3 Å². The number of carbonyl (C=O) groups excluding carboxylic acids is 2. The highest BCUT2D eigenvalue weighted by Gasteiger charge is 2.52. The zero-order chi connectivity index (χ0) is 13.2. The van der Waals surface area contributed by atoms with Crippen LogP contribution in [0, 0.1) is 10.8 Å². The molecule has 0 N–H and O–H groups in total. The summed E-state index contributed by atoms with van der Waals surface area (Å²) >= 11 is 0. The molecule has 0 atom stereocenters. The molecule has 0 radical (unpaired) electrons. The number of esters is 2. The summed E-state index contributed by atoms with van der Waals surface area (Å²) in [7, 11) is 2.85. The van der Waals surface area contributed by atoms with Crippen LogP contribution in [-0.2, 0) is 19.1 Å². The topological polar surface area (TPSA) is 52.6 Å². The van der Waals surface area contributed by atoms with Crippen LogP contribution in [0.3, 0.4) is 0 Å². The molecule has 18 heavy (non-hydrogen) atoms. The Morgan fingerprint density at radius 3 is 1.94 bits per heavy atom. The SMILES string of the molecule is COC(=O)C=CC12CCC(C(=O)OC)(CC1)CC2. The summed E-state index contributed by atoms with van der Waals surface area (Å²) < 4.78 is 9.55. The van der Waals surface area contributed by atoms with Gasteiger partial charge < -0.3 is 9.47 Å². The van der Waals surface area contributed by atoms with Crippen LogP contribution in [0.15, 0.2) is 12.2 Å². The monoisotopic (exact) mass is 252 g/mol. The number of rotatable bonds is 3. The molecule has 3 aliphatic carbocycles. The summed E-state index contributed by atoms with van der Waals surface area (Å²) in [6.07, 6.45) is 8.97. The fourth-order valence-electron chi connectivity index (χ4n) is 3.30. The minimum Gasteiger partial charge on any atom is -0.469 e. The smallest absolute Gasteiger partial charge is 0.330 e. The van der Waals surface area contributed by atoms with Gasteiger partial charge in [-0.1, -0.05) is 6.08 Å². The molecule has 0 aromatic rings. The third-order valence-electron chi connectivity index (χ3n) is 4.70. The van der Waals surface area contributed by atoms with Gasteiger partial charge in [0.2, 0.25) is 0 Å². The van der Waals surface area contributed by atoms with Crippen molar-refractivity contribution in [2.45, 2.75) is 38.5 Å². The van der Waals surface area contributed by atoms with Gasteiger partial charge in [-0.3, -0.25) is 4.79 Å². The predicted molar refractivity (Wildman–Crippen MR) is 65.7 cm³/mol. The average molecular weight is 252 g/mol. The van der Waals surface area contributed by atoms with E-state index >= 15 is 0 Å². The van der Waals surface area contributed by atoms with Crippen molar-refractivity contribution >= 4 is 11.9 Å². The Labute approximate surface area is 107 Å². The summed E-state index contributed by atoms with van der Waals surface area (Å²) in [5.74, 6) is -0.368. The van der Waals surface area contributed by atoms with Gasteiger partial charge in [0.1, 0.15) is 0 Å². The second-order valence-electron chi connectivity index (χ2n) is 5.49. The van der Waals surface area contributed by atoms with Crippen molar-refractivity contribution in [2.24, 2.45) is 10.8 Å². The van der Waals surface area contributed by atoms with Gasteiger partial charge in [0.25, 0.3) is 0 Å². The first kappa shape index (κ1) is 13.1. The lowest BCUT2D eigenvalue weighted by Crippen LogP contribution is -2.45. The largest absolute Gasteiger partial charge is 0.469 e. The summed E-state index contributed by atoms with van der Waals surface area (Å²) in [5, 5.41) is 0. The molecule has 0 saturated heterocycles. The van der Waals surface area contributed by atoms with Gasteiger partial charge in [-0.2, -0.15) is 0 Å². The first-order valence-electron chi connectivity index (χ1n) is 6.41. The number of methoxy groups -OCH3 is 2. The number of fused-ring (bicyclic) bond motifs is 3. The Balaban J connectivity index is 2.06. The highest BCUT2D eigenvalue weighted by Crippen LogP contribution is 2.57. The Hall–Kier alpha value is -1.32. The predicted octanol–water partition coefficient (Wildman–Crippen LogP) is 2.23. The molecule has 3 rings (SSSR count). The average Bonchev–Trinajstić information content (AvgIpc) is 2.45. The fourth-order valence-corrected chi connectivity index (χ4v) is 3.30. The molecule has 0 unspecified atom stereocenters. The van der Waals surface area contributed by atoms with Gasteiger partial charge in [0, 0.05) is 6.08 Å². The molecule has 4 heteroatoms. The van der Waals surface area contributed by atoms with Crippen LogP contribution in [0.1, 0.15) is 38.5 Å². The molecular weight excluding hydrogens is 232 g/mol. The number of carbonyl (C=O) groups is 2. The molecule has 0 spiro atoms. The molecule has 3 saturated carbocycles. The highest BCUT2D eigenvalue weighted by molar-refractivity contribution is 5.82. The van der Waals surface area contributed by atoms with Gasteiger partial charge in [0.15, 0.2) is 0 Å². The standard InChI is InChI=1S/C14H20O4/c1-17-11(15)3-4-13-5-8-14(9-6-13,10-7-13)12(16)18-2/h3-4H,5-10H2,1-2H3. The summed E-state index contributed by atoms with van der Waals surface area (Å²) in [4.78, 5) is 23.0. The van der Waals surface area contributed by atoms with E-state index in [0.29, 0.717) is 0 Å². The summed E-state index contributed by atoms with van der Waals surface area (Å²) in [6.45, 7) is 0. The fraction of sp³-hybridized carbons (Fsp3) is 0.714. The van der Waals surface area contributed by atoms with Crippen LogP contribution in [-0.4, -0.2) is 26.2 Å². The van der Waals surface area contributed by atoms with Gasteiger partial charge in [-0.05, 0) is 43.9 Å². The quantitative estimate of drug-likeness (QED) is 0.571. The Kier molecular flexibility index (Phi) is 3.46. The van der Waals surface area contributed by atoms with Crippen molar-refractivity contribution < 1.29 is 19.1 Å². The van der Waals surface area contributed by atoms with E-state index in [2.05, 4.69) is 4.74 Å². The van der Waals surface area contributed by atoms with Crippen LogP contribution >= 0.6 is 0 Å². The molecule has 2 bridgehead atoms. The maximum absolute atomic E-state index is 11.8. The van der Waals surface area contributed by atoms with Gasteiger partial charge >= 0.3 is 11.9 Å². The van der Waals surface area contributed by atoms with Gasteiger partial charge in [0.05, 0.1) is 19.6 Å². The van der Waals surface area contributed by atoms with Crippen LogP contribution in [0.25, 0.3) is 0 Å². The van der Waals surface area contributed by atoms with Crippen LogP contribution in [0.2, 0.25) is 0 Å². The first-order valence-corrected chi connectivity index (χ1v) is 6.41. The maximum atomic E-state index is 11.8. The zero-order valence-electron chi connectivity index (χ0n) is 11.0. The molecule has 3 fully saturated rings. The molecule has 0 aromatic heterocycles. The van der Waals surface area contributed by atoms with Crippen molar-refractivity contribution in [2.75, 3.05) is 14.2 Å². The third-order valence-corrected chi connectivity index (χ3v) is 4.70. The van der Waals surface area contributed by atoms with Crippen LogP contribution in [0.5, 0.6) is 0 Å². The maximum Gasteiger partial charge on any atom is 0.330 e. The number of hydrogen-bond acceptors (Lipinski definition) is 4. The third kappa shape index (κ3) is 2.16. The van der Waals surface area contributed by atoms with Crippen LogP contribution < -0.4 is 0 Å². The van der Waals surface area contributed by atoms with E-state index in [1.54, 1.807) is 0 Å². The second-order valence-corrected chi connectivity index (χ2v) is 5.49. The van der Waals surface area contributed by atoms with E-state index in [-0.39, 0.29) is 22.8 Å². The van der Waals surface area contributed by atoms with Crippen molar-refractivity contribution in [3.8, 4) is 0 Å². The van der Waals surface area contributed by atoms with E-state index in [9.17, 15) is 9.59 Å². The molecule has 0 amide bonds. The van der Waals surface area contributed by atoms with Gasteiger partial charge in [-0.15, -0.1) is 0 Å². The molecule has 100 valence electrons. The van der Waals surface area contributed by atoms with Gasteiger partial charge in [-0.25, -0.2) is 4.79 Å². The minimum absolute atomic E-state index is 0.0623. The van der Waals surface area contributed by atoms with Crippen molar-refractivity contribution in [1.29, 1.82) is 0 Å². The van der Waals surface area contributed by atoms with E-state index in [4.69, 9.17) is 4.74 Å². The normalized spacial score (nSPS) is 34.6. The Morgan fingerprint density at radius 2 is 1.50 bits per heavy atom. The second kappa shape index (κ2) is 4.75. The number of allylic oxidation sites excluding steroid dienone is 1.